The number of carbonyl (C=O) groups excluding carboxylic acids is 1. The maximum atomic E-state index is 13.5. The molecule has 0 aromatic heterocycles. The number of Topliss-reactive ketones (excluding diaryl/α,β-unsaturated/α-hetero) is 1. The number of aryl methyl sites for hydroxylation is 1. The second-order valence-electron chi connectivity index (χ2n) is 5.42. The Kier molecular flexibility index (Phi) is 7.54. The molecule has 0 amide bonds. The molecule has 1 rings (SSSR count). The van der Waals surface area contributed by atoms with Crippen LogP contribution in [0.5, 0.6) is 0 Å². The number of halogens is 1. The van der Waals surface area contributed by atoms with Gasteiger partial charge in [0.15, 0.2) is 5.78 Å². The molecule has 0 N–H and O–H groups in total. The molecule has 21 heavy (non-hydrogen) atoms. The number of rotatable bonds is 9. The fourth-order valence-electron chi connectivity index (χ4n) is 2.18. The smallest absolute Gasteiger partial charge is 0.164 e. The number of benzene rings is 1. The Morgan fingerprint density at radius 1 is 1.38 bits per heavy atom. The van der Waals surface area contributed by atoms with Crippen molar-refractivity contribution in [3.8, 4) is 0 Å². The summed E-state index contributed by atoms with van der Waals surface area (Å²) in [4.78, 5) is 14.4. The number of ether oxygens (including phenoxy) is 1. The van der Waals surface area contributed by atoms with Crippen molar-refractivity contribution in [2.45, 2.75) is 39.7 Å². The molecular weight excluding hydrogens is 269 g/mol. The van der Waals surface area contributed by atoms with Crippen LogP contribution in [-0.2, 0) is 4.74 Å². The molecule has 0 aliphatic heterocycles. The minimum Gasteiger partial charge on any atom is -0.383 e. The Labute approximate surface area is 127 Å². The summed E-state index contributed by atoms with van der Waals surface area (Å²) >= 11 is 0. The number of ketones is 1. The number of carbonyl (C=O) groups is 1. The lowest BCUT2D eigenvalue weighted by atomic mass is 10.1. The highest BCUT2D eigenvalue weighted by Crippen LogP contribution is 2.12. The van der Waals surface area contributed by atoms with Gasteiger partial charge >= 0.3 is 0 Å². The highest BCUT2D eigenvalue weighted by atomic mass is 19.1. The van der Waals surface area contributed by atoms with Crippen LogP contribution in [0.4, 0.5) is 4.39 Å². The molecule has 3 nitrogen and oxygen atoms in total. The third-order valence-electron chi connectivity index (χ3n) is 3.92. The molecule has 4 heteroatoms. The summed E-state index contributed by atoms with van der Waals surface area (Å²) in [7, 11) is 1.68. The number of nitrogens with zero attached hydrogens (tertiary/aromatic N) is 1. The largest absolute Gasteiger partial charge is 0.383 e. The van der Waals surface area contributed by atoms with Gasteiger partial charge in [-0.15, -0.1) is 0 Å². The van der Waals surface area contributed by atoms with Gasteiger partial charge < -0.3 is 4.74 Å². The van der Waals surface area contributed by atoms with Gasteiger partial charge in [-0.2, -0.15) is 0 Å². The zero-order valence-electron chi connectivity index (χ0n) is 13.5. The van der Waals surface area contributed by atoms with Crippen molar-refractivity contribution in [2.24, 2.45) is 0 Å². The Morgan fingerprint density at radius 2 is 2.10 bits per heavy atom. The molecule has 1 aromatic carbocycles. The van der Waals surface area contributed by atoms with Crippen LogP contribution in [0.3, 0.4) is 0 Å². The summed E-state index contributed by atoms with van der Waals surface area (Å²) in [5, 5.41) is 0. The highest BCUT2D eigenvalue weighted by molar-refractivity contribution is 5.96. The fourth-order valence-corrected chi connectivity index (χ4v) is 2.18. The average molecular weight is 295 g/mol. The van der Waals surface area contributed by atoms with Gasteiger partial charge in [-0.1, -0.05) is 19.1 Å². The molecule has 1 unspecified atom stereocenters. The van der Waals surface area contributed by atoms with Crippen molar-refractivity contribution in [1.29, 1.82) is 0 Å². The molecule has 1 atom stereocenters. The van der Waals surface area contributed by atoms with E-state index in [2.05, 4.69) is 18.7 Å². The van der Waals surface area contributed by atoms with E-state index in [0.29, 0.717) is 36.7 Å². The van der Waals surface area contributed by atoms with Crippen LogP contribution in [0, 0.1) is 12.7 Å². The molecule has 0 heterocycles. The molecular formula is C17H26FNO2. The van der Waals surface area contributed by atoms with Gasteiger partial charge in [0.05, 0.1) is 6.61 Å². The molecule has 0 aliphatic carbocycles. The van der Waals surface area contributed by atoms with Gasteiger partial charge in [0.2, 0.25) is 0 Å². The van der Waals surface area contributed by atoms with Crippen LogP contribution in [0.2, 0.25) is 0 Å². The zero-order chi connectivity index (χ0) is 15.8. The van der Waals surface area contributed by atoms with E-state index < -0.39 is 0 Å². The maximum absolute atomic E-state index is 13.5. The number of hydrogen-bond acceptors (Lipinski definition) is 3. The van der Waals surface area contributed by atoms with Crippen LogP contribution in [0.25, 0.3) is 0 Å². The molecule has 0 bridgehead atoms. The lowest BCUT2D eigenvalue weighted by Gasteiger charge is -2.27. The second-order valence-corrected chi connectivity index (χ2v) is 5.42. The van der Waals surface area contributed by atoms with Crippen molar-refractivity contribution in [3.63, 3.8) is 0 Å². The van der Waals surface area contributed by atoms with Crippen molar-refractivity contribution in [1.82, 2.24) is 4.90 Å². The quantitative estimate of drug-likeness (QED) is 0.653. The zero-order valence-corrected chi connectivity index (χ0v) is 13.5. The van der Waals surface area contributed by atoms with Crippen molar-refractivity contribution in [3.05, 3.63) is 35.1 Å². The molecule has 0 spiro atoms. The molecule has 0 aliphatic rings. The molecule has 0 saturated heterocycles. The minimum absolute atomic E-state index is 0.0142. The van der Waals surface area contributed by atoms with Gasteiger partial charge in [0.25, 0.3) is 0 Å². The van der Waals surface area contributed by atoms with E-state index in [1.54, 1.807) is 26.2 Å². The number of methoxy groups -OCH3 is 1. The van der Waals surface area contributed by atoms with Gasteiger partial charge in [-0.25, -0.2) is 4.39 Å². The highest BCUT2D eigenvalue weighted by Gasteiger charge is 2.15. The third-order valence-corrected chi connectivity index (χ3v) is 3.92. The van der Waals surface area contributed by atoms with Crippen molar-refractivity contribution < 1.29 is 13.9 Å². The third kappa shape index (κ3) is 5.56. The van der Waals surface area contributed by atoms with Gasteiger partial charge in [-0.05, 0) is 31.9 Å². The molecule has 0 saturated carbocycles. The monoisotopic (exact) mass is 295 g/mol. The summed E-state index contributed by atoms with van der Waals surface area (Å²) < 4.78 is 18.6. The van der Waals surface area contributed by atoms with E-state index in [1.807, 2.05) is 0 Å². The summed E-state index contributed by atoms with van der Waals surface area (Å²) in [5.41, 5.74) is 1.02. The summed E-state index contributed by atoms with van der Waals surface area (Å²) in [6, 6.07) is 5.09. The van der Waals surface area contributed by atoms with Crippen LogP contribution in [0.1, 0.15) is 42.6 Å². The topological polar surface area (TPSA) is 29.5 Å². The lowest BCUT2D eigenvalue weighted by molar-refractivity contribution is 0.0915. The standard InChI is InChI=1S/C17H26FNO2/c1-5-14(3)19(10-11-21-4)9-8-17(20)15-7-6-13(2)16(18)12-15/h6-7,12,14H,5,8-11H2,1-4H3. The fraction of sp³-hybridized carbons (Fsp3) is 0.588. The lowest BCUT2D eigenvalue weighted by Crippen LogP contribution is -2.37. The Hall–Kier alpha value is -1.26. The van der Waals surface area contributed by atoms with E-state index in [4.69, 9.17) is 4.74 Å². The van der Waals surface area contributed by atoms with Crippen molar-refractivity contribution in [2.75, 3.05) is 26.8 Å². The van der Waals surface area contributed by atoms with E-state index in [9.17, 15) is 9.18 Å². The van der Waals surface area contributed by atoms with Crippen LogP contribution in [0.15, 0.2) is 18.2 Å². The second kappa shape index (κ2) is 8.90. The Morgan fingerprint density at radius 3 is 2.67 bits per heavy atom. The van der Waals surface area contributed by atoms with E-state index in [-0.39, 0.29) is 11.6 Å². The van der Waals surface area contributed by atoms with E-state index >= 15 is 0 Å². The van der Waals surface area contributed by atoms with Crippen LogP contribution in [-0.4, -0.2) is 43.5 Å². The molecule has 0 fully saturated rings. The first-order chi connectivity index (χ1) is 9.99. The molecule has 0 radical (unpaired) electrons. The SMILES string of the molecule is CCC(C)N(CCOC)CCC(=O)c1ccc(C)c(F)c1. The van der Waals surface area contributed by atoms with Crippen LogP contribution < -0.4 is 0 Å². The predicted molar refractivity (Wildman–Crippen MR) is 83.3 cm³/mol. The van der Waals surface area contributed by atoms with E-state index in [0.717, 1.165) is 13.0 Å². The molecule has 1 aromatic rings. The summed E-state index contributed by atoms with van der Waals surface area (Å²) in [6.45, 7) is 8.09. The molecule has 118 valence electrons. The first kappa shape index (κ1) is 17.8. The maximum Gasteiger partial charge on any atom is 0.164 e. The first-order valence-corrected chi connectivity index (χ1v) is 7.51. The average Bonchev–Trinajstić information content (AvgIpc) is 2.49. The van der Waals surface area contributed by atoms with Gasteiger partial charge in [0, 0.05) is 38.2 Å². The van der Waals surface area contributed by atoms with E-state index in [1.165, 1.54) is 6.07 Å². The normalized spacial score (nSPS) is 12.7. The van der Waals surface area contributed by atoms with Crippen LogP contribution >= 0.6 is 0 Å². The minimum atomic E-state index is -0.320. The van der Waals surface area contributed by atoms with Gasteiger partial charge in [0.1, 0.15) is 5.82 Å². The summed E-state index contributed by atoms with van der Waals surface area (Å²) in [6.07, 6.45) is 1.42. The van der Waals surface area contributed by atoms with Gasteiger partial charge in [-0.3, -0.25) is 9.69 Å². The first-order valence-electron chi connectivity index (χ1n) is 7.51. The summed E-state index contributed by atoms with van der Waals surface area (Å²) in [5.74, 6) is -0.335. The Balaban J connectivity index is 2.61. The number of hydrogen-bond donors (Lipinski definition) is 0. The predicted octanol–water partition coefficient (Wildman–Crippen LogP) is 3.45. The Bertz CT molecular complexity index is 462. The van der Waals surface area contributed by atoms with Crippen molar-refractivity contribution >= 4 is 5.78 Å².